The van der Waals surface area contributed by atoms with Gasteiger partial charge in [0.1, 0.15) is 5.82 Å². The molecule has 1 unspecified atom stereocenters. The molecule has 4 heteroatoms. The first-order chi connectivity index (χ1) is 10.2. The van der Waals surface area contributed by atoms with E-state index in [1.54, 1.807) is 0 Å². The van der Waals surface area contributed by atoms with Crippen LogP contribution in [-0.4, -0.2) is 14.5 Å². The molecule has 0 aliphatic heterocycles. The molecule has 0 spiro atoms. The lowest BCUT2D eigenvalue weighted by molar-refractivity contribution is 0.632. The van der Waals surface area contributed by atoms with Crippen molar-refractivity contribution < 1.29 is 0 Å². The minimum atomic E-state index is 0.183. The zero-order chi connectivity index (χ0) is 14.8. The molecule has 0 fully saturated rings. The second-order valence-corrected chi connectivity index (χ2v) is 5.64. The van der Waals surface area contributed by atoms with Gasteiger partial charge >= 0.3 is 0 Å². The molecular formula is C17H17N3S. The Kier molecular flexibility index (Phi) is 3.71. The van der Waals surface area contributed by atoms with Crippen LogP contribution in [0, 0.1) is 0 Å². The number of nitrogens with two attached hydrogens (primary N) is 1. The molecule has 2 aromatic carbocycles. The highest BCUT2D eigenvalue weighted by molar-refractivity contribution is 7.80. The molecule has 1 atom stereocenters. The van der Waals surface area contributed by atoms with Crippen molar-refractivity contribution in [3.63, 3.8) is 0 Å². The molecule has 0 aliphatic carbocycles. The Morgan fingerprint density at radius 1 is 1.14 bits per heavy atom. The van der Waals surface area contributed by atoms with Gasteiger partial charge in [0.15, 0.2) is 0 Å². The first kappa shape index (κ1) is 13.8. The maximum atomic E-state index is 5.73. The molecule has 3 nitrogen and oxygen atoms in total. The van der Waals surface area contributed by atoms with E-state index in [2.05, 4.69) is 41.8 Å². The van der Waals surface area contributed by atoms with Crippen LogP contribution in [0.5, 0.6) is 0 Å². The zero-order valence-electron chi connectivity index (χ0n) is 11.9. The van der Waals surface area contributed by atoms with E-state index in [1.807, 2.05) is 24.3 Å². The molecular weight excluding hydrogens is 278 g/mol. The predicted molar refractivity (Wildman–Crippen MR) is 90.5 cm³/mol. The van der Waals surface area contributed by atoms with Crippen molar-refractivity contribution in [2.45, 2.75) is 19.4 Å². The van der Waals surface area contributed by atoms with E-state index in [1.165, 1.54) is 5.56 Å². The lowest BCUT2D eigenvalue weighted by atomic mass is 10.1. The summed E-state index contributed by atoms with van der Waals surface area (Å²) in [5.41, 5.74) is 9.06. The van der Waals surface area contributed by atoms with Gasteiger partial charge < -0.3 is 10.3 Å². The topological polar surface area (TPSA) is 43.8 Å². The Morgan fingerprint density at radius 3 is 2.52 bits per heavy atom. The van der Waals surface area contributed by atoms with Crippen molar-refractivity contribution in [1.82, 2.24) is 9.55 Å². The number of para-hydroxylation sites is 2. The Bertz CT molecular complexity index is 777. The summed E-state index contributed by atoms with van der Waals surface area (Å²) in [6.07, 6.45) is 0.515. The number of aromatic nitrogens is 2. The van der Waals surface area contributed by atoms with Gasteiger partial charge in [-0.25, -0.2) is 4.98 Å². The largest absolute Gasteiger partial charge is 0.393 e. The van der Waals surface area contributed by atoms with Gasteiger partial charge in [-0.05, 0) is 24.6 Å². The number of hydrogen-bond acceptors (Lipinski definition) is 2. The second-order valence-electron chi connectivity index (χ2n) is 5.12. The van der Waals surface area contributed by atoms with Crippen LogP contribution < -0.4 is 5.73 Å². The van der Waals surface area contributed by atoms with Gasteiger partial charge in [-0.2, -0.15) is 0 Å². The Balaban J connectivity index is 2.17. The van der Waals surface area contributed by atoms with E-state index in [9.17, 15) is 0 Å². The van der Waals surface area contributed by atoms with Crippen molar-refractivity contribution in [2.24, 2.45) is 5.73 Å². The summed E-state index contributed by atoms with van der Waals surface area (Å²) >= 11 is 5.07. The van der Waals surface area contributed by atoms with Gasteiger partial charge in [-0.3, -0.25) is 0 Å². The minimum absolute atomic E-state index is 0.183. The molecule has 0 amide bonds. The average molecular weight is 295 g/mol. The molecule has 21 heavy (non-hydrogen) atoms. The number of thiocarbonyl (C=S) groups is 1. The van der Waals surface area contributed by atoms with Crippen molar-refractivity contribution in [2.75, 3.05) is 0 Å². The van der Waals surface area contributed by atoms with Crippen molar-refractivity contribution in [1.29, 1.82) is 0 Å². The molecule has 2 N–H and O–H groups in total. The predicted octanol–water partition coefficient (Wildman–Crippen LogP) is 3.47. The van der Waals surface area contributed by atoms with Crippen LogP contribution in [0.15, 0.2) is 54.6 Å². The van der Waals surface area contributed by atoms with Crippen LogP contribution in [0.25, 0.3) is 11.0 Å². The molecule has 1 aromatic heterocycles. The zero-order valence-corrected chi connectivity index (χ0v) is 12.7. The summed E-state index contributed by atoms with van der Waals surface area (Å²) in [5, 5.41) is 0. The van der Waals surface area contributed by atoms with Crippen LogP contribution >= 0.6 is 12.2 Å². The number of fused-ring (bicyclic) bond motifs is 1. The highest BCUT2D eigenvalue weighted by Crippen LogP contribution is 2.26. The molecule has 3 rings (SSSR count). The van der Waals surface area contributed by atoms with E-state index in [0.717, 1.165) is 16.9 Å². The molecule has 0 radical (unpaired) electrons. The fourth-order valence-electron chi connectivity index (χ4n) is 2.69. The van der Waals surface area contributed by atoms with Gasteiger partial charge in [-0.15, -0.1) is 0 Å². The van der Waals surface area contributed by atoms with E-state index in [4.69, 9.17) is 22.9 Å². The summed E-state index contributed by atoms with van der Waals surface area (Å²) in [7, 11) is 0. The summed E-state index contributed by atoms with van der Waals surface area (Å²) in [6, 6.07) is 18.7. The third kappa shape index (κ3) is 2.67. The fourth-order valence-corrected chi connectivity index (χ4v) is 2.82. The van der Waals surface area contributed by atoms with Gasteiger partial charge in [0.2, 0.25) is 0 Å². The molecule has 3 aromatic rings. The molecule has 0 saturated carbocycles. The molecule has 0 aliphatic rings. The molecule has 106 valence electrons. The van der Waals surface area contributed by atoms with Crippen molar-refractivity contribution in [3.8, 4) is 0 Å². The summed E-state index contributed by atoms with van der Waals surface area (Å²) in [5.74, 6) is 0.917. The van der Waals surface area contributed by atoms with E-state index in [-0.39, 0.29) is 6.04 Å². The number of benzene rings is 2. The van der Waals surface area contributed by atoms with Crippen molar-refractivity contribution in [3.05, 3.63) is 66.0 Å². The third-order valence-corrected chi connectivity index (χ3v) is 3.81. The minimum Gasteiger partial charge on any atom is -0.393 e. The van der Waals surface area contributed by atoms with Gasteiger partial charge in [0.05, 0.1) is 28.5 Å². The maximum Gasteiger partial charge on any atom is 0.117 e. The average Bonchev–Trinajstić information content (AvgIpc) is 2.84. The number of rotatable bonds is 4. The van der Waals surface area contributed by atoms with Gasteiger partial charge in [0, 0.05) is 0 Å². The first-order valence-corrected chi connectivity index (χ1v) is 7.36. The highest BCUT2D eigenvalue weighted by atomic mass is 32.1. The summed E-state index contributed by atoms with van der Waals surface area (Å²) < 4.78 is 2.23. The summed E-state index contributed by atoms with van der Waals surface area (Å²) in [6.45, 7) is 2.17. The Morgan fingerprint density at radius 2 is 1.81 bits per heavy atom. The van der Waals surface area contributed by atoms with Crippen LogP contribution in [-0.2, 0) is 6.42 Å². The molecule has 1 heterocycles. The van der Waals surface area contributed by atoms with Gasteiger partial charge in [-0.1, -0.05) is 54.7 Å². The van der Waals surface area contributed by atoms with Crippen LogP contribution in [0.3, 0.4) is 0 Å². The normalized spacial score (nSPS) is 12.4. The van der Waals surface area contributed by atoms with Crippen molar-refractivity contribution >= 4 is 28.2 Å². The molecule has 0 saturated heterocycles. The van der Waals surface area contributed by atoms with E-state index < -0.39 is 0 Å². The van der Waals surface area contributed by atoms with E-state index in [0.29, 0.717) is 11.4 Å². The monoisotopic (exact) mass is 295 g/mol. The van der Waals surface area contributed by atoms with E-state index >= 15 is 0 Å². The standard InChI is InChI=1S/C17H17N3S/c1-12(13-7-3-2-4-8-13)20-15-10-6-5-9-14(15)19-17(20)11-16(18)21/h2-10,12H,11H2,1H3,(H2,18,21). The smallest absolute Gasteiger partial charge is 0.117 e. The first-order valence-electron chi connectivity index (χ1n) is 6.96. The quantitative estimate of drug-likeness (QED) is 0.749. The number of hydrogen-bond donors (Lipinski definition) is 1. The van der Waals surface area contributed by atoms with Crippen LogP contribution in [0.4, 0.5) is 0 Å². The third-order valence-electron chi connectivity index (χ3n) is 3.67. The van der Waals surface area contributed by atoms with Gasteiger partial charge in [0.25, 0.3) is 0 Å². The lowest BCUT2D eigenvalue weighted by Gasteiger charge is -2.18. The number of imidazole rings is 1. The van der Waals surface area contributed by atoms with Crippen LogP contribution in [0.1, 0.15) is 24.4 Å². The SMILES string of the molecule is CC(c1ccccc1)n1c(CC(N)=S)nc2ccccc21. The summed E-state index contributed by atoms with van der Waals surface area (Å²) in [4.78, 5) is 5.16. The highest BCUT2D eigenvalue weighted by Gasteiger charge is 2.17. The molecule has 0 bridgehead atoms. The maximum absolute atomic E-state index is 5.73. The Labute approximate surface area is 129 Å². The van der Waals surface area contributed by atoms with Crippen LogP contribution in [0.2, 0.25) is 0 Å². The Hall–Kier alpha value is -2.20. The fraction of sp³-hybridized carbons (Fsp3) is 0.176. The lowest BCUT2D eigenvalue weighted by Crippen LogP contribution is -2.17. The number of nitrogens with zero attached hydrogens (tertiary/aromatic N) is 2. The second kappa shape index (κ2) is 5.66.